The summed E-state index contributed by atoms with van der Waals surface area (Å²) in [6, 6.07) is 0.265. The van der Waals surface area contributed by atoms with Gasteiger partial charge in [0, 0.05) is 25.1 Å². The molecule has 0 saturated carbocycles. The predicted octanol–water partition coefficient (Wildman–Crippen LogP) is 2.64. The second-order valence-electron chi connectivity index (χ2n) is 5.31. The van der Waals surface area contributed by atoms with Crippen LogP contribution in [0.25, 0.3) is 0 Å². The minimum atomic E-state index is -0.0710. The van der Waals surface area contributed by atoms with Crippen LogP contribution in [0.4, 0.5) is 5.69 Å². The maximum Gasteiger partial charge on any atom is 0.283 e. The highest BCUT2D eigenvalue weighted by atomic mass is 79.9. The molecule has 2 heterocycles. The van der Waals surface area contributed by atoms with Crippen LogP contribution in [0.2, 0.25) is 0 Å². The molecule has 6 heteroatoms. The minimum absolute atomic E-state index is 0.0710. The lowest BCUT2D eigenvalue weighted by molar-refractivity contribution is 0.183. The Morgan fingerprint density at radius 1 is 1.65 bits per heavy atom. The van der Waals surface area contributed by atoms with Gasteiger partial charge in [-0.3, -0.25) is 4.79 Å². The molecule has 0 amide bonds. The van der Waals surface area contributed by atoms with Crippen LogP contribution in [0.1, 0.15) is 33.1 Å². The Balaban J connectivity index is 2.08. The SMILES string of the molecule is CCCCn1ncc(NC(C)C2CCOC2)c(Br)c1=O. The Kier molecular flexibility index (Phi) is 5.60. The minimum Gasteiger partial charge on any atom is -0.381 e. The van der Waals surface area contributed by atoms with E-state index in [0.717, 1.165) is 38.2 Å². The van der Waals surface area contributed by atoms with E-state index >= 15 is 0 Å². The summed E-state index contributed by atoms with van der Waals surface area (Å²) < 4.78 is 7.48. The van der Waals surface area contributed by atoms with Crippen molar-refractivity contribution in [2.45, 2.75) is 45.7 Å². The smallest absolute Gasteiger partial charge is 0.283 e. The first-order valence-electron chi connectivity index (χ1n) is 7.23. The van der Waals surface area contributed by atoms with Gasteiger partial charge in [-0.2, -0.15) is 5.10 Å². The van der Waals surface area contributed by atoms with Gasteiger partial charge in [0.1, 0.15) is 4.47 Å². The van der Waals surface area contributed by atoms with Gasteiger partial charge in [0.2, 0.25) is 0 Å². The van der Waals surface area contributed by atoms with Gasteiger partial charge in [-0.15, -0.1) is 0 Å². The van der Waals surface area contributed by atoms with Gasteiger partial charge in [0.05, 0.1) is 18.5 Å². The topological polar surface area (TPSA) is 56.1 Å². The molecule has 1 aromatic rings. The Hall–Kier alpha value is -0.880. The van der Waals surface area contributed by atoms with E-state index in [1.165, 1.54) is 4.68 Å². The number of nitrogens with zero attached hydrogens (tertiary/aromatic N) is 2. The lowest BCUT2D eigenvalue weighted by atomic mass is 10.0. The first-order valence-corrected chi connectivity index (χ1v) is 8.02. The molecule has 2 atom stereocenters. The third-order valence-electron chi connectivity index (χ3n) is 3.76. The van der Waals surface area contributed by atoms with Crippen molar-refractivity contribution in [1.82, 2.24) is 9.78 Å². The zero-order valence-electron chi connectivity index (χ0n) is 12.1. The maximum atomic E-state index is 12.2. The predicted molar refractivity (Wildman–Crippen MR) is 83.1 cm³/mol. The Morgan fingerprint density at radius 2 is 2.45 bits per heavy atom. The molecular weight excluding hydrogens is 322 g/mol. The molecule has 0 radical (unpaired) electrons. The number of aromatic nitrogens is 2. The van der Waals surface area contributed by atoms with Crippen molar-refractivity contribution in [2.75, 3.05) is 18.5 Å². The zero-order chi connectivity index (χ0) is 14.5. The van der Waals surface area contributed by atoms with Crippen LogP contribution in [0.5, 0.6) is 0 Å². The number of ether oxygens (including phenoxy) is 1. The summed E-state index contributed by atoms with van der Waals surface area (Å²) >= 11 is 3.39. The fraction of sp³-hybridized carbons (Fsp3) is 0.714. The van der Waals surface area contributed by atoms with Gasteiger partial charge < -0.3 is 10.1 Å². The molecule has 2 unspecified atom stereocenters. The van der Waals surface area contributed by atoms with E-state index in [1.54, 1.807) is 6.20 Å². The number of halogens is 1. The van der Waals surface area contributed by atoms with Crippen LogP contribution in [0.15, 0.2) is 15.5 Å². The summed E-state index contributed by atoms with van der Waals surface area (Å²) in [5, 5.41) is 7.61. The Morgan fingerprint density at radius 3 is 3.10 bits per heavy atom. The molecule has 1 aliphatic rings. The maximum absolute atomic E-state index is 12.2. The normalized spacial score (nSPS) is 20.1. The number of anilines is 1. The molecule has 1 aliphatic heterocycles. The highest BCUT2D eigenvalue weighted by molar-refractivity contribution is 9.10. The summed E-state index contributed by atoms with van der Waals surface area (Å²) in [6.07, 6.45) is 4.80. The average Bonchev–Trinajstić information content (AvgIpc) is 2.97. The molecule has 0 spiro atoms. The lowest BCUT2D eigenvalue weighted by Crippen LogP contribution is -2.29. The van der Waals surface area contributed by atoms with Crippen LogP contribution in [-0.2, 0) is 11.3 Å². The Bertz CT molecular complexity index is 498. The third-order valence-corrected chi connectivity index (χ3v) is 4.53. The molecule has 1 aromatic heterocycles. The van der Waals surface area contributed by atoms with Crippen molar-refractivity contribution in [3.63, 3.8) is 0 Å². The van der Waals surface area contributed by atoms with E-state index in [4.69, 9.17) is 4.74 Å². The third kappa shape index (κ3) is 3.61. The van der Waals surface area contributed by atoms with Gasteiger partial charge >= 0.3 is 0 Å². The van der Waals surface area contributed by atoms with Gasteiger partial charge in [-0.05, 0) is 35.7 Å². The fourth-order valence-electron chi connectivity index (χ4n) is 2.34. The average molecular weight is 344 g/mol. The quantitative estimate of drug-likeness (QED) is 0.862. The van der Waals surface area contributed by atoms with Gasteiger partial charge in [0.15, 0.2) is 0 Å². The van der Waals surface area contributed by atoms with Crippen molar-refractivity contribution in [1.29, 1.82) is 0 Å². The number of hydrogen-bond acceptors (Lipinski definition) is 4. The molecule has 1 N–H and O–H groups in total. The van der Waals surface area contributed by atoms with E-state index in [2.05, 4.69) is 40.2 Å². The van der Waals surface area contributed by atoms with Crippen LogP contribution in [-0.4, -0.2) is 29.0 Å². The summed E-state index contributed by atoms with van der Waals surface area (Å²) in [5.41, 5.74) is 0.695. The first kappa shape index (κ1) is 15.5. The number of rotatable bonds is 6. The molecular formula is C14H22BrN3O2. The number of hydrogen-bond donors (Lipinski definition) is 1. The van der Waals surface area contributed by atoms with E-state index in [0.29, 0.717) is 16.9 Å². The summed E-state index contributed by atoms with van der Waals surface area (Å²) in [4.78, 5) is 12.2. The van der Waals surface area contributed by atoms with E-state index in [-0.39, 0.29) is 11.6 Å². The van der Waals surface area contributed by atoms with Gasteiger partial charge in [0.25, 0.3) is 5.56 Å². The number of aryl methyl sites for hydroxylation is 1. The largest absolute Gasteiger partial charge is 0.381 e. The number of unbranched alkanes of at least 4 members (excludes halogenated alkanes) is 1. The standard InChI is InChI=1S/C14H22BrN3O2/c1-3-4-6-18-14(19)13(15)12(8-16-18)17-10(2)11-5-7-20-9-11/h8,10-11,17H,3-7,9H2,1-2H3. The van der Waals surface area contributed by atoms with Crippen molar-refractivity contribution in [3.05, 3.63) is 21.0 Å². The van der Waals surface area contributed by atoms with Gasteiger partial charge in [-0.25, -0.2) is 4.68 Å². The second-order valence-corrected chi connectivity index (χ2v) is 6.10. The van der Waals surface area contributed by atoms with E-state index < -0.39 is 0 Å². The van der Waals surface area contributed by atoms with Crippen LogP contribution in [0, 0.1) is 5.92 Å². The molecule has 1 saturated heterocycles. The van der Waals surface area contributed by atoms with Crippen molar-refractivity contribution in [3.8, 4) is 0 Å². The molecule has 0 bridgehead atoms. The monoisotopic (exact) mass is 343 g/mol. The fourth-order valence-corrected chi connectivity index (χ4v) is 2.76. The molecule has 5 nitrogen and oxygen atoms in total. The highest BCUT2D eigenvalue weighted by Gasteiger charge is 2.23. The molecule has 0 aromatic carbocycles. The molecule has 112 valence electrons. The van der Waals surface area contributed by atoms with Crippen LogP contribution < -0.4 is 10.9 Å². The summed E-state index contributed by atoms with van der Waals surface area (Å²) in [6.45, 7) is 6.50. The first-order chi connectivity index (χ1) is 9.63. The van der Waals surface area contributed by atoms with Crippen molar-refractivity contribution < 1.29 is 4.74 Å². The zero-order valence-corrected chi connectivity index (χ0v) is 13.6. The van der Waals surface area contributed by atoms with Crippen LogP contribution in [0.3, 0.4) is 0 Å². The number of nitrogens with one attached hydrogen (secondary N) is 1. The second kappa shape index (κ2) is 7.22. The summed E-state index contributed by atoms with van der Waals surface area (Å²) in [5.74, 6) is 0.490. The molecule has 2 rings (SSSR count). The van der Waals surface area contributed by atoms with E-state index in [9.17, 15) is 4.79 Å². The van der Waals surface area contributed by atoms with E-state index in [1.807, 2.05) is 0 Å². The highest BCUT2D eigenvalue weighted by Crippen LogP contribution is 2.23. The summed E-state index contributed by atoms with van der Waals surface area (Å²) in [7, 11) is 0. The molecule has 1 fully saturated rings. The van der Waals surface area contributed by atoms with Crippen molar-refractivity contribution >= 4 is 21.6 Å². The van der Waals surface area contributed by atoms with Gasteiger partial charge in [-0.1, -0.05) is 13.3 Å². The van der Waals surface area contributed by atoms with Crippen LogP contribution >= 0.6 is 15.9 Å². The Labute approximate surface area is 127 Å². The lowest BCUT2D eigenvalue weighted by Gasteiger charge is -2.21. The molecule has 20 heavy (non-hydrogen) atoms. The molecule has 0 aliphatic carbocycles. The van der Waals surface area contributed by atoms with Crippen molar-refractivity contribution in [2.24, 2.45) is 5.92 Å².